The molecule has 128 valence electrons. The Morgan fingerprint density at radius 1 is 1.00 bits per heavy atom. The topological polar surface area (TPSA) is 56.8 Å². The number of carbonyl (C=O) groups is 1. The molecule has 0 unspecified atom stereocenters. The van der Waals surface area contributed by atoms with E-state index in [4.69, 9.17) is 14.2 Å². The Morgan fingerprint density at radius 2 is 1.67 bits per heavy atom. The fourth-order valence-corrected chi connectivity index (χ4v) is 2.81. The average Bonchev–Trinajstić information content (AvgIpc) is 2.59. The highest BCUT2D eigenvalue weighted by atomic mass is 79.9. The molecule has 2 aromatic rings. The Balaban J connectivity index is 1.97. The van der Waals surface area contributed by atoms with Crippen molar-refractivity contribution in [2.24, 2.45) is 0 Å². The first-order valence-corrected chi connectivity index (χ1v) is 8.20. The lowest BCUT2D eigenvalue weighted by Gasteiger charge is -2.10. The molecule has 0 aliphatic rings. The van der Waals surface area contributed by atoms with Gasteiger partial charge in [-0.3, -0.25) is 4.79 Å². The molecule has 2 rings (SSSR count). The summed E-state index contributed by atoms with van der Waals surface area (Å²) in [6.45, 7) is 0. The van der Waals surface area contributed by atoms with Crippen LogP contribution in [0, 0.1) is 0 Å². The molecule has 24 heavy (non-hydrogen) atoms. The maximum absolute atomic E-state index is 12.2. The molecular formula is C18H20BrNO4. The summed E-state index contributed by atoms with van der Waals surface area (Å²) in [7, 11) is 4.76. The van der Waals surface area contributed by atoms with Gasteiger partial charge < -0.3 is 19.5 Å². The van der Waals surface area contributed by atoms with Crippen LogP contribution in [-0.4, -0.2) is 27.2 Å². The van der Waals surface area contributed by atoms with Gasteiger partial charge in [-0.05, 0) is 40.0 Å². The van der Waals surface area contributed by atoms with Gasteiger partial charge in [-0.2, -0.15) is 0 Å². The van der Waals surface area contributed by atoms with E-state index >= 15 is 0 Å². The number of rotatable bonds is 7. The van der Waals surface area contributed by atoms with Crippen LogP contribution in [0.5, 0.6) is 17.2 Å². The molecule has 0 spiro atoms. The van der Waals surface area contributed by atoms with Crippen LogP contribution in [0.3, 0.4) is 0 Å². The summed E-state index contributed by atoms with van der Waals surface area (Å²) in [5, 5.41) is 2.86. The third-order valence-corrected chi connectivity index (χ3v) is 4.11. The first kappa shape index (κ1) is 18.1. The van der Waals surface area contributed by atoms with Crippen LogP contribution in [0.25, 0.3) is 0 Å². The smallest absolute Gasteiger partial charge is 0.224 e. The van der Waals surface area contributed by atoms with Gasteiger partial charge in [-0.1, -0.05) is 6.07 Å². The largest absolute Gasteiger partial charge is 0.497 e. The molecule has 6 heteroatoms. The Bertz CT molecular complexity index is 696. The molecule has 1 N–H and O–H groups in total. The molecule has 2 aromatic carbocycles. The minimum Gasteiger partial charge on any atom is -0.497 e. The molecule has 0 fully saturated rings. The zero-order valence-electron chi connectivity index (χ0n) is 13.9. The first-order valence-electron chi connectivity index (χ1n) is 7.41. The van der Waals surface area contributed by atoms with Gasteiger partial charge in [0.05, 0.1) is 25.8 Å². The van der Waals surface area contributed by atoms with E-state index in [1.807, 2.05) is 18.2 Å². The average molecular weight is 394 g/mol. The van der Waals surface area contributed by atoms with Crippen molar-refractivity contribution in [1.82, 2.24) is 0 Å². The van der Waals surface area contributed by atoms with Gasteiger partial charge in [0.1, 0.15) is 17.2 Å². The number of benzene rings is 2. The molecule has 0 atom stereocenters. The molecule has 0 aromatic heterocycles. The second kappa shape index (κ2) is 8.59. The van der Waals surface area contributed by atoms with Gasteiger partial charge in [0.2, 0.25) is 5.91 Å². The minimum atomic E-state index is -0.0720. The molecule has 0 saturated heterocycles. The van der Waals surface area contributed by atoms with Crippen LogP contribution in [0.1, 0.15) is 12.0 Å². The zero-order valence-corrected chi connectivity index (χ0v) is 15.5. The Labute approximate surface area is 150 Å². The molecule has 0 bridgehead atoms. The number of amides is 1. The lowest BCUT2D eigenvalue weighted by molar-refractivity contribution is -0.116. The van der Waals surface area contributed by atoms with E-state index in [1.54, 1.807) is 39.5 Å². The number of aryl methyl sites for hydroxylation is 1. The normalized spacial score (nSPS) is 10.2. The standard InChI is InChI=1S/C18H20BrNO4/c1-22-14-9-13(10-15(11-14)23-2)20-18(21)7-5-12-4-6-17(24-3)16(19)8-12/h4,6,8-11H,5,7H2,1-3H3,(H,20,21). The van der Waals surface area contributed by atoms with Crippen molar-refractivity contribution in [1.29, 1.82) is 0 Å². The summed E-state index contributed by atoms with van der Waals surface area (Å²) in [5.41, 5.74) is 1.70. The molecule has 1 amide bonds. The van der Waals surface area contributed by atoms with Crippen molar-refractivity contribution < 1.29 is 19.0 Å². The van der Waals surface area contributed by atoms with E-state index in [1.165, 1.54) is 0 Å². The lowest BCUT2D eigenvalue weighted by atomic mass is 10.1. The lowest BCUT2D eigenvalue weighted by Crippen LogP contribution is -2.12. The number of hydrogen-bond donors (Lipinski definition) is 1. The van der Waals surface area contributed by atoms with E-state index < -0.39 is 0 Å². The predicted molar refractivity (Wildman–Crippen MR) is 97.2 cm³/mol. The fraction of sp³-hybridized carbons (Fsp3) is 0.278. The minimum absolute atomic E-state index is 0.0720. The van der Waals surface area contributed by atoms with Gasteiger partial charge in [-0.15, -0.1) is 0 Å². The van der Waals surface area contributed by atoms with Crippen molar-refractivity contribution in [3.63, 3.8) is 0 Å². The van der Waals surface area contributed by atoms with Crippen molar-refractivity contribution in [2.75, 3.05) is 26.6 Å². The highest BCUT2D eigenvalue weighted by Gasteiger charge is 2.08. The Morgan fingerprint density at radius 3 is 2.21 bits per heavy atom. The van der Waals surface area contributed by atoms with Crippen LogP contribution < -0.4 is 19.5 Å². The molecule has 0 radical (unpaired) electrons. The second-order valence-electron chi connectivity index (χ2n) is 5.12. The summed E-state index contributed by atoms with van der Waals surface area (Å²) < 4.78 is 16.5. The van der Waals surface area contributed by atoms with E-state index in [2.05, 4.69) is 21.2 Å². The van der Waals surface area contributed by atoms with Crippen LogP contribution >= 0.6 is 15.9 Å². The monoisotopic (exact) mass is 393 g/mol. The molecule has 0 aliphatic heterocycles. The zero-order chi connectivity index (χ0) is 17.5. The summed E-state index contributed by atoms with van der Waals surface area (Å²) in [4.78, 5) is 12.2. The maximum atomic E-state index is 12.2. The van der Waals surface area contributed by atoms with Crippen LogP contribution in [0.15, 0.2) is 40.9 Å². The fourth-order valence-electron chi connectivity index (χ4n) is 2.23. The Kier molecular flexibility index (Phi) is 6.49. The van der Waals surface area contributed by atoms with Crippen LogP contribution in [0.4, 0.5) is 5.69 Å². The summed E-state index contributed by atoms with van der Waals surface area (Å²) in [5.74, 6) is 1.95. The van der Waals surface area contributed by atoms with E-state index in [9.17, 15) is 4.79 Å². The molecule has 0 aliphatic carbocycles. The molecule has 5 nitrogen and oxygen atoms in total. The van der Waals surface area contributed by atoms with E-state index in [-0.39, 0.29) is 5.91 Å². The van der Waals surface area contributed by atoms with Gasteiger partial charge in [0, 0.05) is 30.3 Å². The molecule has 0 saturated carbocycles. The maximum Gasteiger partial charge on any atom is 0.224 e. The van der Waals surface area contributed by atoms with Crippen molar-refractivity contribution in [3.8, 4) is 17.2 Å². The first-order chi connectivity index (χ1) is 11.5. The van der Waals surface area contributed by atoms with E-state index in [0.717, 1.165) is 15.8 Å². The number of halogens is 1. The Hall–Kier alpha value is -2.21. The van der Waals surface area contributed by atoms with Crippen molar-refractivity contribution >= 4 is 27.5 Å². The highest BCUT2D eigenvalue weighted by Crippen LogP contribution is 2.27. The molecule has 0 heterocycles. The predicted octanol–water partition coefficient (Wildman–Crippen LogP) is 4.05. The number of anilines is 1. The third kappa shape index (κ3) is 4.89. The molecular weight excluding hydrogens is 374 g/mol. The number of nitrogens with one attached hydrogen (secondary N) is 1. The van der Waals surface area contributed by atoms with Crippen molar-refractivity contribution in [3.05, 3.63) is 46.4 Å². The van der Waals surface area contributed by atoms with Crippen LogP contribution in [0.2, 0.25) is 0 Å². The van der Waals surface area contributed by atoms with Gasteiger partial charge in [-0.25, -0.2) is 0 Å². The second-order valence-corrected chi connectivity index (χ2v) is 5.97. The quantitative estimate of drug-likeness (QED) is 0.770. The third-order valence-electron chi connectivity index (χ3n) is 3.49. The number of carbonyl (C=O) groups excluding carboxylic acids is 1. The van der Waals surface area contributed by atoms with Gasteiger partial charge in [0.15, 0.2) is 0 Å². The van der Waals surface area contributed by atoms with Crippen molar-refractivity contribution in [2.45, 2.75) is 12.8 Å². The summed E-state index contributed by atoms with van der Waals surface area (Å²) in [6.07, 6.45) is 1.01. The van der Waals surface area contributed by atoms with Gasteiger partial charge in [0.25, 0.3) is 0 Å². The number of methoxy groups -OCH3 is 3. The van der Waals surface area contributed by atoms with E-state index in [0.29, 0.717) is 30.0 Å². The highest BCUT2D eigenvalue weighted by molar-refractivity contribution is 9.10. The van der Waals surface area contributed by atoms with Gasteiger partial charge >= 0.3 is 0 Å². The summed E-state index contributed by atoms with van der Waals surface area (Å²) in [6, 6.07) is 11.1. The number of hydrogen-bond acceptors (Lipinski definition) is 4. The number of ether oxygens (including phenoxy) is 3. The van der Waals surface area contributed by atoms with Crippen LogP contribution in [-0.2, 0) is 11.2 Å². The SMILES string of the molecule is COc1cc(NC(=O)CCc2ccc(OC)c(Br)c2)cc(OC)c1. The summed E-state index contributed by atoms with van der Waals surface area (Å²) >= 11 is 3.45.